The number of nitrogens with zero attached hydrogens (tertiary/aromatic N) is 2. The number of nitrogens with one attached hydrogen (secondary N) is 1. The van der Waals surface area contributed by atoms with E-state index < -0.39 is 11.7 Å². The molecule has 4 nitrogen and oxygen atoms in total. The lowest BCUT2D eigenvalue weighted by Crippen LogP contribution is -2.48. The van der Waals surface area contributed by atoms with Crippen LogP contribution in [0.2, 0.25) is 0 Å². The van der Waals surface area contributed by atoms with Crippen molar-refractivity contribution in [2.75, 3.05) is 38.0 Å². The summed E-state index contributed by atoms with van der Waals surface area (Å²) < 4.78 is 38.5. The van der Waals surface area contributed by atoms with Gasteiger partial charge in [-0.3, -0.25) is 14.6 Å². The Hall–Kier alpha value is -2.38. The van der Waals surface area contributed by atoms with E-state index in [2.05, 4.69) is 15.1 Å². The first-order valence-electron chi connectivity index (χ1n) is 9.27. The summed E-state index contributed by atoms with van der Waals surface area (Å²) in [5.41, 5.74) is 1.95. The summed E-state index contributed by atoms with van der Waals surface area (Å²) in [6.07, 6.45) is -4.32. The zero-order chi connectivity index (χ0) is 20.1. The van der Waals surface area contributed by atoms with Crippen molar-refractivity contribution in [3.8, 4) is 0 Å². The predicted octanol–water partition coefficient (Wildman–Crippen LogP) is 3.77. The first-order chi connectivity index (χ1) is 13.3. The molecule has 2 aromatic carbocycles. The van der Waals surface area contributed by atoms with Gasteiger partial charge in [0.1, 0.15) is 0 Å². The van der Waals surface area contributed by atoms with Crippen molar-refractivity contribution in [3.63, 3.8) is 0 Å². The molecule has 0 atom stereocenters. The standard InChI is InChI=1S/C21H24F3N3O/c1-16-5-7-19(8-6-16)25-20(28)15-27-11-9-26(10-12-27)14-17-3-2-4-18(13-17)21(22,23)24/h2-8,13H,9-12,14-15H2,1H3,(H,25,28). The Morgan fingerprint density at radius 3 is 2.29 bits per heavy atom. The molecule has 0 radical (unpaired) electrons. The van der Waals surface area contributed by atoms with Crippen LogP contribution >= 0.6 is 0 Å². The third-order valence-electron chi connectivity index (χ3n) is 4.83. The fourth-order valence-electron chi connectivity index (χ4n) is 3.25. The summed E-state index contributed by atoms with van der Waals surface area (Å²) in [4.78, 5) is 16.4. The number of anilines is 1. The van der Waals surface area contributed by atoms with Gasteiger partial charge in [-0.15, -0.1) is 0 Å². The fraction of sp³-hybridized carbons (Fsp3) is 0.381. The van der Waals surface area contributed by atoms with E-state index in [1.54, 1.807) is 6.07 Å². The summed E-state index contributed by atoms with van der Waals surface area (Å²) in [6.45, 7) is 5.63. The molecule has 0 spiro atoms. The number of amides is 1. The SMILES string of the molecule is Cc1ccc(NC(=O)CN2CCN(Cc3cccc(C(F)(F)F)c3)CC2)cc1. The molecular weight excluding hydrogens is 367 g/mol. The maximum atomic E-state index is 12.8. The van der Waals surface area contributed by atoms with Gasteiger partial charge in [0.05, 0.1) is 12.1 Å². The van der Waals surface area contributed by atoms with Crippen LogP contribution in [-0.4, -0.2) is 48.4 Å². The van der Waals surface area contributed by atoms with E-state index >= 15 is 0 Å². The summed E-state index contributed by atoms with van der Waals surface area (Å²) >= 11 is 0. The quantitative estimate of drug-likeness (QED) is 0.843. The van der Waals surface area contributed by atoms with Crippen molar-refractivity contribution >= 4 is 11.6 Å². The second-order valence-electron chi connectivity index (χ2n) is 7.16. The van der Waals surface area contributed by atoms with Crippen LogP contribution in [0.15, 0.2) is 48.5 Å². The Bertz CT molecular complexity index is 797. The Balaban J connectivity index is 1.45. The molecule has 1 aliphatic rings. The van der Waals surface area contributed by atoms with Crippen molar-refractivity contribution < 1.29 is 18.0 Å². The van der Waals surface area contributed by atoms with Gasteiger partial charge in [-0.1, -0.05) is 35.9 Å². The summed E-state index contributed by atoms with van der Waals surface area (Å²) in [5.74, 6) is -0.0600. The second-order valence-corrected chi connectivity index (χ2v) is 7.16. The topological polar surface area (TPSA) is 35.6 Å². The third-order valence-corrected chi connectivity index (χ3v) is 4.83. The molecular formula is C21H24F3N3O. The van der Waals surface area contributed by atoms with Gasteiger partial charge in [-0.2, -0.15) is 13.2 Å². The molecule has 1 aliphatic heterocycles. The number of aryl methyl sites for hydroxylation is 1. The Kier molecular flexibility index (Phi) is 6.36. The average Bonchev–Trinajstić information content (AvgIpc) is 2.65. The molecule has 0 bridgehead atoms. The highest BCUT2D eigenvalue weighted by Gasteiger charge is 2.30. The lowest BCUT2D eigenvalue weighted by atomic mass is 10.1. The number of rotatable bonds is 5. The van der Waals surface area contributed by atoms with Crippen molar-refractivity contribution in [1.82, 2.24) is 9.80 Å². The monoisotopic (exact) mass is 391 g/mol. The van der Waals surface area contributed by atoms with Crippen LogP contribution in [0, 0.1) is 6.92 Å². The van der Waals surface area contributed by atoms with Crippen LogP contribution in [0.4, 0.5) is 18.9 Å². The molecule has 0 saturated carbocycles. The highest BCUT2D eigenvalue weighted by molar-refractivity contribution is 5.92. The zero-order valence-electron chi connectivity index (χ0n) is 15.8. The zero-order valence-corrected chi connectivity index (χ0v) is 15.8. The highest BCUT2D eigenvalue weighted by Crippen LogP contribution is 2.29. The molecule has 150 valence electrons. The number of carbonyl (C=O) groups is 1. The number of hydrogen-bond acceptors (Lipinski definition) is 3. The van der Waals surface area contributed by atoms with Crippen LogP contribution in [0.3, 0.4) is 0 Å². The number of carbonyl (C=O) groups excluding carboxylic acids is 1. The molecule has 1 fully saturated rings. The Morgan fingerprint density at radius 1 is 1.00 bits per heavy atom. The average molecular weight is 391 g/mol. The molecule has 7 heteroatoms. The van der Waals surface area contributed by atoms with Crippen LogP contribution in [0.5, 0.6) is 0 Å². The van der Waals surface area contributed by atoms with Crippen LogP contribution in [0.25, 0.3) is 0 Å². The number of benzene rings is 2. The lowest BCUT2D eigenvalue weighted by Gasteiger charge is -2.34. The van der Waals surface area contributed by atoms with E-state index in [0.29, 0.717) is 44.8 Å². The van der Waals surface area contributed by atoms with Gasteiger partial charge in [0.2, 0.25) is 5.91 Å². The Morgan fingerprint density at radius 2 is 1.64 bits per heavy atom. The number of halogens is 3. The van der Waals surface area contributed by atoms with Crippen LogP contribution in [0.1, 0.15) is 16.7 Å². The maximum absolute atomic E-state index is 12.8. The molecule has 0 aliphatic carbocycles. The molecule has 1 N–H and O–H groups in total. The molecule has 2 aromatic rings. The number of alkyl halides is 3. The minimum atomic E-state index is -4.32. The van der Waals surface area contributed by atoms with Gasteiger partial charge in [0, 0.05) is 38.4 Å². The first-order valence-corrected chi connectivity index (χ1v) is 9.27. The lowest BCUT2D eigenvalue weighted by molar-refractivity contribution is -0.137. The molecule has 0 aromatic heterocycles. The molecule has 0 unspecified atom stereocenters. The van der Waals surface area contributed by atoms with E-state index in [1.807, 2.05) is 31.2 Å². The van der Waals surface area contributed by atoms with Gasteiger partial charge < -0.3 is 5.32 Å². The molecule has 1 saturated heterocycles. The van der Waals surface area contributed by atoms with Crippen LogP contribution < -0.4 is 5.32 Å². The van der Waals surface area contributed by atoms with Gasteiger partial charge in [-0.25, -0.2) is 0 Å². The fourth-order valence-corrected chi connectivity index (χ4v) is 3.25. The second kappa shape index (κ2) is 8.75. The minimum absolute atomic E-state index is 0.0600. The smallest absolute Gasteiger partial charge is 0.325 e. The van der Waals surface area contributed by atoms with Crippen LogP contribution in [-0.2, 0) is 17.5 Å². The highest BCUT2D eigenvalue weighted by atomic mass is 19.4. The summed E-state index contributed by atoms with van der Waals surface area (Å²) in [5, 5.41) is 2.89. The number of hydrogen-bond donors (Lipinski definition) is 1. The van der Waals surface area contributed by atoms with Crippen molar-refractivity contribution in [1.29, 1.82) is 0 Å². The van der Waals surface area contributed by atoms with E-state index in [-0.39, 0.29) is 5.91 Å². The van der Waals surface area contributed by atoms with Crippen molar-refractivity contribution in [2.45, 2.75) is 19.6 Å². The largest absolute Gasteiger partial charge is 0.416 e. The van der Waals surface area contributed by atoms with Gasteiger partial charge >= 0.3 is 6.18 Å². The molecule has 3 rings (SSSR count). The van der Waals surface area contributed by atoms with Gasteiger partial charge in [0.25, 0.3) is 0 Å². The van der Waals surface area contributed by atoms with E-state index in [0.717, 1.165) is 17.3 Å². The molecule has 1 heterocycles. The maximum Gasteiger partial charge on any atom is 0.416 e. The first kappa shape index (κ1) is 20.4. The van der Waals surface area contributed by atoms with Crippen molar-refractivity contribution in [3.05, 3.63) is 65.2 Å². The minimum Gasteiger partial charge on any atom is -0.325 e. The summed E-state index contributed by atoms with van der Waals surface area (Å²) in [6, 6.07) is 13.1. The van der Waals surface area contributed by atoms with E-state index in [1.165, 1.54) is 12.1 Å². The molecule has 1 amide bonds. The summed E-state index contributed by atoms with van der Waals surface area (Å²) in [7, 11) is 0. The molecule has 28 heavy (non-hydrogen) atoms. The van der Waals surface area contributed by atoms with Crippen molar-refractivity contribution in [2.24, 2.45) is 0 Å². The van der Waals surface area contributed by atoms with Gasteiger partial charge in [-0.05, 0) is 30.7 Å². The predicted molar refractivity (Wildman–Crippen MR) is 103 cm³/mol. The van der Waals surface area contributed by atoms with E-state index in [4.69, 9.17) is 0 Å². The van der Waals surface area contributed by atoms with E-state index in [9.17, 15) is 18.0 Å². The number of piperazine rings is 1. The normalized spacial score (nSPS) is 16.1. The van der Waals surface area contributed by atoms with Gasteiger partial charge in [0.15, 0.2) is 0 Å². The third kappa shape index (κ3) is 5.81. The Labute approximate surface area is 162 Å².